The number of hydrogen-bond donors (Lipinski definition) is 1. The molecule has 1 N–H and O–H groups in total. The molecule has 6 heteroatoms. The molecule has 0 atom stereocenters. The molecule has 21 heavy (non-hydrogen) atoms. The highest BCUT2D eigenvalue weighted by atomic mass is 19.4. The number of hydrogen-bond acceptors (Lipinski definition) is 2. The van der Waals surface area contributed by atoms with Crippen molar-refractivity contribution in [3.63, 3.8) is 0 Å². The predicted octanol–water partition coefficient (Wildman–Crippen LogP) is 4.06. The third kappa shape index (κ3) is 2.44. The van der Waals surface area contributed by atoms with E-state index >= 15 is 0 Å². The molecule has 0 aliphatic carbocycles. The summed E-state index contributed by atoms with van der Waals surface area (Å²) in [6.45, 7) is 0. The molecule has 3 nitrogen and oxygen atoms in total. The molecular formula is C15H12F3N3. The van der Waals surface area contributed by atoms with Crippen molar-refractivity contribution in [2.75, 3.05) is 12.4 Å². The Balaban J connectivity index is 2.08. The third-order valence-corrected chi connectivity index (χ3v) is 3.33. The van der Waals surface area contributed by atoms with Crippen LogP contribution in [0.25, 0.3) is 16.6 Å². The van der Waals surface area contributed by atoms with E-state index < -0.39 is 11.7 Å². The van der Waals surface area contributed by atoms with Gasteiger partial charge in [0.1, 0.15) is 0 Å². The Bertz CT molecular complexity index is 773. The molecule has 0 unspecified atom stereocenters. The van der Waals surface area contributed by atoms with Crippen LogP contribution in [0.15, 0.2) is 48.8 Å². The number of rotatable bonds is 2. The number of aromatic nitrogens is 2. The van der Waals surface area contributed by atoms with Crippen LogP contribution in [-0.4, -0.2) is 16.7 Å². The fourth-order valence-corrected chi connectivity index (χ4v) is 2.20. The van der Waals surface area contributed by atoms with Crippen LogP contribution in [-0.2, 0) is 6.18 Å². The van der Waals surface area contributed by atoms with E-state index in [4.69, 9.17) is 0 Å². The molecule has 0 aliphatic heterocycles. The molecule has 108 valence electrons. The summed E-state index contributed by atoms with van der Waals surface area (Å²) in [6.07, 6.45) is -0.870. The SMILES string of the molecule is CNc1ccn2ncc(-c3ccc(C(F)(F)F)cc3)c2c1. The van der Waals surface area contributed by atoms with Gasteiger partial charge in [0.05, 0.1) is 17.3 Å². The van der Waals surface area contributed by atoms with Gasteiger partial charge >= 0.3 is 6.18 Å². The van der Waals surface area contributed by atoms with Crippen molar-refractivity contribution in [1.29, 1.82) is 0 Å². The van der Waals surface area contributed by atoms with Gasteiger partial charge in [0.25, 0.3) is 0 Å². The van der Waals surface area contributed by atoms with E-state index in [9.17, 15) is 13.2 Å². The molecular weight excluding hydrogens is 279 g/mol. The Hall–Kier alpha value is -2.50. The number of nitrogens with zero attached hydrogens (tertiary/aromatic N) is 2. The lowest BCUT2D eigenvalue weighted by atomic mass is 10.0. The van der Waals surface area contributed by atoms with Crippen LogP contribution in [0.5, 0.6) is 0 Å². The Morgan fingerprint density at radius 1 is 1.10 bits per heavy atom. The van der Waals surface area contributed by atoms with Crippen molar-refractivity contribution in [3.8, 4) is 11.1 Å². The van der Waals surface area contributed by atoms with E-state index in [1.807, 2.05) is 12.1 Å². The van der Waals surface area contributed by atoms with Crippen LogP contribution < -0.4 is 5.32 Å². The number of pyridine rings is 1. The van der Waals surface area contributed by atoms with Crippen LogP contribution in [0.3, 0.4) is 0 Å². The number of benzene rings is 1. The van der Waals surface area contributed by atoms with Crippen LogP contribution in [0.4, 0.5) is 18.9 Å². The number of anilines is 1. The minimum absolute atomic E-state index is 0.654. The van der Waals surface area contributed by atoms with Gasteiger partial charge < -0.3 is 5.32 Å². The second-order valence-corrected chi connectivity index (χ2v) is 4.63. The lowest BCUT2D eigenvalue weighted by Gasteiger charge is -2.07. The zero-order valence-electron chi connectivity index (χ0n) is 11.1. The summed E-state index contributed by atoms with van der Waals surface area (Å²) in [4.78, 5) is 0. The summed E-state index contributed by atoms with van der Waals surface area (Å²) in [5, 5.41) is 7.24. The Morgan fingerprint density at radius 3 is 2.43 bits per heavy atom. The molecule has 2 aromatic heterocycles. The highest BCUT2D eigenvalue weighted by Gasteiger charge is 2.30. The van der Waals surface area contributed by atoms with Crippen molar-refractivity contribution in [3.05, 3.63) is 54.4 Å². The van der Waals surface area contributed by atoms with Crippen LogP contribution in [0, 0.1) is 0 Å². The monoisotopic (exact) mass is 291 g/mol. The normalized spacial score (nSPS) is 11.8. The molecule has 3 aromatic rings. The molecule has 3 rings (SSSR count). The van der Waals surface area contributed by atoms with Crippen molar-refractivity contribution in [2.24, 2.45) is 0 Å². The van der Waals surface area contributed by atoms with Crippen LogP contribution in [0.2, 0.25) is 0 Å². The second-order valence-electron chi connectivity index (χ2n) is 4.63. The van der Waals surface area contributed by atoms with Crippen molar-refractivity contribution in [2.45, 2.75) is 6.18 Å². The summed E-state index contributed by atoms with van der Waals surface area (Å²) in [5.41, 5.74) is 2.59. The highest BCUT2D eigenvalue weighted by molar-refractivity contribution is 5.81. The third-order valence-electron chi connectivity index (χ3n) is 3.33. The number of alkyl halides is 3. The molecule has 0 radical (unpaired) electrons. The van der Waals surface area contributed by atoms with E-state index in [0.717, 1.165) is 28.9 Å². The van der Waals surface area contributed by atoms with Gasteiger partial charge in [-0.1, -0.05) is 12.1 Å². The smallest absolute Gasteiger partial charge is 0.388 e. The van der Waals surface area contributed by atoms with Gasteiger partial charge in [-0.2, -0.15) is 18.3 Å². The maximum absolute atomic E-state index is 12.6. The second kappa shape index (κ2) is 4.80. The minimum atomic E-state index is -4.32. The molecule has 2 heterocycles. The first kappa shape index (κ1) is 13.5. The first-order valence-corrected chi connectivity index (χ1v) is 6.32. The van der Waals surface area contributed by atoms with Crippen LogP contribution >= 0.6 is 0 Å². The lowest BCUT2D eigenvalue weighted by Crippen LogP contribution is -2.03. The summed E-state index contributed by atoms with van der Waals surface area (Å²) in [7, 11) is 1.81. The summed E-state index contributed by atoms with van der Waals surface area (Å²) in [6, 6.07) is 8.87. The lowest BCUT2D eigenvalue weighted by molar-refractivity contribution is -0.137. The maximum atomic E-state index is 12.6. The van der Waals surface area contributed by atoms with Crippen molar-refractivity contribution < 1.29 is 13.2 Å². The first-order chi connectivity index (χ1) is 9.99. The Labute approximate surface area is 119 Å². The molecule has 0 fully saturated rings. The fourth-order valence-electron chi connectivity index (χ4n) is 2.20. The summed E-state index contributed by atoms with van der Waals surface area (Å²) < 4.78 is 39.5. The van der Waals surface area contributed by atoms with Gasteiger partial charge in [-0.25, -0.2) is 4.52 Å². The van der Waals surface area contributed by atoms with E-state index in [1.165, 1.54) is 12.1 Å². The standard InChI is InChI=1S/C15H12F3N3/c1-19-12-6-7-21-14(8-12)13(9-20-21)10-2-4-11(5-3-10)15(16,17)18/h2-9,19H,1H3. The molecule has 0 bridgehead atoms. The molecule has 0 spiro atoms. The average molecular weight is 291 g/mol. The van der Waals surface area contributed by atoms with E-state index in [-0.39, 0.29) is 0 Å². The number of fused-ring (bicyclic) bond motifs is 1. The van der Waals surface area contributed by atoms with Gasteiger partial charge in [-0.3, -0.25) is 0 Å². The predicted molar refractivity (Wildman–Crippen MR) is 75.2 cm³/mol. The van der Waals surface area contributed by atoms with E-state index in [0.29, 0.717) is 5.56 Å². The van der Waals surface area contributed by atoms with E-state index in [2.05, 4.69) is 10.4 Å². The maximum Gasteiger partial charge on any atom is 0.416 e. The van der Waals surface area contributed by atoms with Gasteiger partial charge in [0.2, 0.25) is 0 Å². The minimum Gasteiger partial charge on any atom is -0.388 e. The largest absolute Gasteiger partial charge is 0.416 e. The molecule has 0 saturated carbocycles. The van der Waals surface area contributed by atoms with Crippen molar-refractivity contribution in [1.82, 2.24) is 9.61 Å². The highest BCUT2D eigenvalue weighted by Crippen LogP contribution is 2.32. The molecule has 0 aliphatic rings. The zero-order chi connectivity index (χ0) is 15.0. The Morgan fingerprint density at radius 2 is 1.81 bits per heavy atom. The molecule has 0 saturated heterocycles. The fraction of sp³-hybridized carbons (Fsp3) is 0.133. The quantitative estimate of drug-likeness (QED) is 0.771. The summed E-state index contributed by atoms with van der Waals surface area (Å²) >= 11 is 0. The van der Waals surface area contributed by atoms with Gasteiger partial charge in [0.15, 0.2) is 0 Å². The van der Waals surface area contributed by atoms with Gasteiger partial charge in [-0.05, 0) is 29.8 Å². The topological polar surface area (TPSA) is 29.3 Å². The van der Waals surface area contributed by atoms with Gasteiger partial charge in [0, 0.05) is 24.5 Å². The summed E-state index contributed by atoms with van der Waals surface area (Å²) in [5.74, 6) is 0. The Kier molecular flexibility index (Phi) is 3.08. The molecule has 0 amide bonds. The van der Waals surface area contributed by atoms with Crippen LogP contribution in [0.1, 0.15) is 5.56 Å². The van der Waals surface area contributed by atoms with E-state index in [1.54, 1.807) is 24.0 Å². The zero-order valence-corrected chi connectivity index (χ0v) is 11.1. The average Bonchev–Trinajstić information content (AvgIpc) is 2.89. The first-order valence-electron chi connectivity index (χ1n) is 6.32. The number of halogens is 3. The van der Waals surface area contributed by atoms with Crippen molar-refractivity contribution >= 4 is 11.2 Å². The van der Waals surface area contributed by atoms with Gasteiger partial charge in [-0.15, -0.1) is 0 Å². The molecule has 1 aromatic carbocycles. The number of nitrogens with one attached hydrogen (secondary N) is 1.